The first-order valence-corrected chi connectivity index (χ1v) is 5.08. The fourth-order valence-electron chi connectivity index (χ4n) is 1.93. The Morgan fingerprint density at radius 3 is 2.50 bits per heavy atom. The van der Waals surface area contributed by atoms with Crippen molar-refractivity contribution in [2.45, 2.75) is 26.2 Å². The molecule has 1 saturated heterocycles. The number of likely N-dealkylation sites (tertiary alicyclic amines) is 1. The van der Waals surface area contributed by atoms with Crippen LogP contribution in [0.3, 0.4) is 0 Å². The number of rotatable bonds is 4. The fourth-order valence-corrected chi connectivity index (χ4v) is 1.93. The highest BCUT2D eigenvalue weighted by Gasteiger charge is 2.17. The summed E-state index contributed by atoms with van der Waals surface area (Å²) >= 11 is 0. The lowest BCUT2D eigenvalue weighted by Gasteiger charge is -2.31. The summed E-state index contributed by atoms with van der Waals surface area (Å²) in [6, 6.07) is 0. The Bertz CT molecular complexity index is 94.4. The number of hydrogen-bond donors (Lipinski definition) is 0. The zero-order valence-electron chi connectivity index (χ0n) is 8.38. The van der Waals surface area contributed by atoms with Crippen molar-refractivity contribution >= 4 is 0 Å². The van der Waals surface area contributed by atoms with Crippen LogP contribution in [0.15, 0.2) is 0 Å². The van der Waals surface area contributed by atoms with E-state index in [0.717, 1.165) is 12.5 Å². The van der Waals surface area contributed by atoms with E-state index in [1.54, 1.807) is 7.11 Å². The molecular weight excluding hydrogens is 150 g/mol. The summed E-state index contributed by atoms with van der Waals surface area (Å²) in [6.07, 6.45) is 3.94. The predicted octanol–water partition coefficient (Wildman–Crippen LogP) is 1.75. The van der Waals surface area contributed by atoms with E-state index in [1.165, 1.54) is 38.9 Å². The Morgan fingerprint density at radius 1 is 1.33 bits per heavy atom. The topological polar surface area (TPSA) is 12.5 Å². The van der Waals surface area contributed by atoms with Crippen LogP contribution in [0.1, 0.15) is 26.2 Å². The Labute approximate surface area is 75.9 Å². The average molecular weight is 171 g/mol. The molecule has 1 aliphatic heterocycles. The maximum Gasteiger partial charge on any atom is 0.0491 e. The van der Waals surface area contributed by atoms with E-state index in [9.17, 15) is 0 Å². The highest BCUT2D eigenvalue weighted by atomic mass is 16.5. The number of methoxy groups -OCH3 is 1. The minimum atomic E-state index is 0.822. The van der Waals surface area contributed by atoms with Crippen molar-refractivity contribution < 1.29 is 4.74 Å². The van der Waals surface area contributed by atoms with Crippen molar-refractivity contribution in [1.29, 1.82) is 0 Å². The average Bonchev–Trinajstić information content (AvgIpc) is 2.09. The molecule has 1 rings (SSSR count). The molecule has 0 unspecified atom stereocenters. The van der Waals surface area contributed by atoms with Gasteiger partial charge in [0.25, 0.3) is 0 Å². The smallest absolute Gasteiger partial charge is 0.0491 e. The van der Waals surface area contributed by atoms with E-state index < -0.39 is 0 Å². The number of ether oxygens (including phenoxy) is 1. The maximum atomic E-state index is 5.16. The third-order valence-corrected chi connectivity index (χ3v) is 2.65. The maximum absolute atomic E-state index is 5.16. The molecular formula is C10H21NO. The molecule has 12 heavy (non-hydrogen) atoms. The standard InChI is InChI=1S/C10H21NO/c1-3-6-11-7-4-10(5-8-11)9-12-2/h10H,3-9H2,1-2H3. The van der Waals surface area contributed by atoms with Crippen LogP contribution in [-0.4, -0.2) is 38.3 Å². The van der Waals surface area contributed by atoms with E-state index in [-0.39, 0.29) is 0 Å². The first kappa shape index (κ1) is 10.0. The van der Waals surface area contributed by atoms with Gasteiger partial charge in [-0.25, -0.2) is 0 Å². The van der Waals surface area contributed by atoms with Gasteiger partial charge in [-0.05, 0) is 44.8 Å². The second kappa shape index (κ2) is 5.55. The molecule has 0 aromatic carbocycles. The van der Waals surface area contributed by atoms with Crippen LogP contribution in [0.25, 0.3) is 0 Å². The fraction of sp³-hybridized carbons (Fsp3) is 1.00. The summed E-state index contributed by atoms with van der Waals surface area (Å²) in [7, 11) is 1.80. The molecule has 1 aliphatic rings. The molecule has 1 fully saturated rings. The summed E-state index contributed by atoms with van der Waals surface area (Å²) in [5.74, 6) is 0.822. The largest absolute Gasteiger partial charge is 0.384 e. The molecule has 0 aromatic rings. The molecule has 0 N–H and O–H groups in total. The van der Waals surface area contributed by atoms with Gasteiger partial charge >= 0.3 is 0 Å². The van der Waals surface area contributed by atoms with Gasteiger partial charge < -0.3 is 9.64 Å². The summed E-state index contributed by atoms with van der Waals surface area (Å²) < 4.78 is 5.16. The van der Waals surface area contributed by atoms with Crippen molar-refractivity contribution in [3.63, 3.8) is 0 Å². The van der Waals surface area contributed by atoms with Crippen molar-refractivity contribution in [3.8, 4) is 0 Å². The van der Waals surface area contributed by atoms with Crippen LogP contribution in [0.5, 0.6) is 0 Å². The minimum absolute atomic E-state index is 0.822. The van der Waals surface area contributed by atoms with Gasteiger partial charge in [0, 0.05) is 13.7 Å². The van der Waals surface area contributed by atoms with Crippen LogP contribution in [-0.2, 0) is 4.74 Å². The molecule has 2 nitrogen and oxygen atoms in total. The zero-order valence-corrected chi connectivity index (χ0v) is 8.38. The van der Waals surface area contributed by atoms with E-state index in [0.29, 0.717) is 0 Å². The molecule has 0 aliphatic carbocycles. The van der Waals surface area contributed by atoms with Crippen LogP contribution in [0.4, 0.5) is 0 Å². The molecule has 0 radical (unpaired) electrons. The molecule has 0 amide bonds. The third kappa shape index (κ3) is 3.11. The number of hydrogen-bond acceptors (Lipinski definition) is 2. The lowest BCUT2D eigenvalue weighted by Crippen LogP contribution is -2.35. The van der Waals surface area contributed by atoms with Crippen molar-refractivity contribution in [1.82, 2.24) is 4.90 Å². The quantitative estimate of drug-likeness (QED) is 0.639. The molecule has 0 saturated carbocycles. The van der Waals surface area contributed by atoms with Gasteiger partial charge in [-0.1, -0.05) is 6.92 Å². The molecule has 0 aromatic heterocycles. The van der Waals surface area contributed by atoms with E-state index >= 15 is 0 Å². The van der Waals surface area contributed by atoms with Crippen molar-refractivity contribution in [3.05, 3.63) is 0 Å². The van der Waals surface area contributed by atoms with Crippen LogP contribution in [0.2, 0.25) is 0 Å². The Hall–Kier alpha value is -0.0800. The van der Waals surface area contributed by atoms with Gasteiger partial charge in [0.1, 0.15) is 0 Å². The summed E-state index contributed by atoms with van der Waals surface area (Å²) in [5.41, 5.74) is 0. The molecule has 0 atom stereocenters. The first-order valence-electron chi connectivity index (χ1n) is 5.08. The normalized spacial score (nSPS) is 21.5. The van der Waals surface area contributed by atoms with Crippen molar-refractivity contribution in [2.24, 2.45) is 5.92 Å². The van der Waals surface area contributed by atoms with E-state index in [1.807, 2.05) is 0 Å². The number of nitrogens with zero attached hydrogens (tertiary/aromatic N) is 1. The van der Waals surface area contributed by atoms with Gasteiger partial charge in [0.05, 0.1) is 0 Å². The SMILES string of the molecule is CCCN1CCC(COC)CC1. The second-order valence-corrected chi connectivity index (χ2v) is 3.74. The summed E-state index contributed by atoms with van der Waals surface area (Å²) in [6.45, 7) is 7.05. The molecule has 0 spiro atoms. The van der Waals surface area contributed by atoms with Gasteiger partial charge in [-0.2, -0.15) is 0 Å². The highest BCUT2D eigenvalue weighted by Crippen LogP contribution is 2.16. The van der Waals surface area contributed by atoms with Crippen LogP contribution in [0, 0.1) is 5.92 Å². The van der Waals surface area contributed by atoms with Gasteiger partial charge in [-0.3, -0.25) is 0 Å². The summed E-state index contributed by atoms with van der Waals surface area (Å²) in [5, 5.41) is 0. The minimum Gasteiger partial charge on any atom is -0.384 e. The molecule has 2 heteroatoms. The Kier molecular flexibility index (Phi) is 4.62. The van der Waals surface area contributed by atoms with Crippen molar-refractivity contribution in [2.75, 3.05) is 33.4 Å². The molecule has 72 valence electrons. The summed E-state index contributed by atoms with van der Waals surface area (Å²) in [4.78, 5) is 2.56. The Morgan fingerprint density at radius 2 is 2.00 bits per heavy atom. The second-order valence-electron chi connectivity index (χ2n) is 3.74. The molecule has 0 bridgehead atoms. The zero-order chi connectivity index (χ0) is 8.81. The first-order chi connectivity index (χ1) is 5.86. The monoisotopic (exact) mass is 171 g/mol. The lowest BCUT2D eigenvalue weighted by molar-refractivity contribution is 0.0996. The lowest BCUT2D eigenvalue weighted by atomic mass is 9.98. The highest BCUT2D eigenvalue weighted by molar-refractivity contribution is 4.71. The molecule has 1 heterocycles. The third-order valence-electron chi connectivity index (χ3n) is 2.65. The Balaban J connectivity index is 2.11. The number of piperidine rings is 1. The van der Waals surface area contributed by atoms with Gasteiger partial charge in [0.2, 0.25) is 0 Å². The van der Waals surface area contributed by atoms with Crippen LogP contribution < -0.4 is 0 Å². The predicted molar refractivity (Wildman–Crippen MR) is 51.3 cm³/mol. The van der Waals surface area contributed by atoms with Gasteiger partial charge in [-0.15, -0.1) is 0 Å². The van der Waals surface area contributed by atoms with Gasteiger partial charge in [0.15, 0.2) is 0 Å². The van der Waals surface area contributed by atoms with E-state index in [4.69, 9.17) is 4.74 Å². The van der Waals surface area contributed by atoms with E-state index in [2.05, 4.69) is 11.8 Å². The van der Waals surface area contributed by atoms with Crippen LogP contribution >= 0.6 is 0 Å².